The number of rotatable bonds is 3. The third kappa shape index (κ3) is 3.39. The Balaban J connectivity index is 1.81. The molecule has 0 aromatic heterocycles. The second-order valence-corrected chi connectivity index (χ2v) is 5.59. The summed E-state index contributed by atoms with van der Waals surface area (Å²) in [5.41, 5.74) is -0.249. The van der Waals surface area contributed by atoms with Crippen LogP contribution in [0.25, 0.3) is 0 Å². The molecule has 130 valence electrons. The van der Waals surface area contributed by atoms with Crippen molar-refractivity contribution in [2.45, 2.75) is 0 Å². The first-order valence-electron chi connectivity index (χ1n) is 7.03. The highest BCUT2D eigenvalue weighted by Crippen LogP contribution is 2.34. The van der Waals surface area contributed by atoms with E-state index in [1.54, 1.807) is 12.1 Å². The van der Waals surface area contributed by atoms with Gasteiger partial charge < -0.3 is 10.1 Å². The molecule has 25 heavy (non-hydrogen) atoms. The Morgan fingerprint density at radius 2 is 1.96 bits per heavy atom. The smallest absolute Gasteiger partial charge is 0.265 e. The first kappa shape index (κ1) is 17.1. The van der Waals surface area contributed by atoms with Gasteiger partial charge in [-0.15, -0.1) is 0 Å². The lowest BCUT2D eigenvalue weighted by molar-refractivity contribution is -0.123. The lowest BCUT2D eigenvalue weighted by atomic mass is 10.2. The average Bonchev–Trinajstić information content (AvgIpc) is 2.58. The standard InChI is InChI=1S/C16H10ClF3N2O3/c17-8-1-4-12-11(5-8)22(14(24)7-25-12)6-13(23)21-10-3-2-9(18)15(19)16(10)20/h1-5H,6-7H2,(H,21,23). The van der Waals surface area contributed by atoms with E-state index in [9.17, 15) is 22.8 Å². The normalized spacial score (nSPS) is 13.3. The summed E-state index contributed by atoms with van der Waals surface area (Å²) in [5, 5.41) is 2.43. The van der Waals surface area contributed by atoms with Crippen molar-refractivity contribution in [1.82, 2.24) is 0 Å². The Labute approximate surface area is 144 Å². The van der Waals surface area contributed by atoms with Gasteiger partial charge >= 0.3 is 0 Å². The third-order valence-electron chi connectivity index (χ3n) is 3.47. The molecule has 1 aliphatic rings. The Hall–Kier alpha value is -2.74. The largest absolute Gasteiger partial charge is 0.482 e. The van der Waals surface area contributed by atoms with Gasteiger partial charge in [-0.25, -0.2) is 13.2 Å². The van der Waals surface area contributed by atoms with Crippen LogP contribution in [0.1, 0.15) is 0 Å². The molecule has 0 spiro atoms. The summed E-state index contributed by atoms with van der Waals surface area (Å²) >= 11 is 5.89. The maximum Gasteiger partial charge on any atom is 0.265 e. The number of hydrogen-bond acceptors (Lipinski definition) is 3. The highest BCUT2D eigenvalue weighted by Gasteiger charge is 2.28. The maximum absolute atomic E-state index is 13.6. The number of carbonyl (C=O) groups is 2. The molecule has 5 nitrogen and oxygen atoms in total. The van der Waals surface area contributed by atoms with Crippen LogP contribution in [0.3, 0.4) is 0 Å². The SMILES string of the molecule is O=C(CN1C(=O)COc2ccc(Cl)cc21)Nc1ccc(F)c(F)c1F. The lowest BCUT2D eigenvalue weighted by Crippen LogP contribution is -2.43. The highest BCUT2D eigenvalue weighted by molar-refractivity contribution is 6.31. The molecule has 1 N–H and O–H groups in total. The Kier molecular flexibility index (Phi) is 4.54. The molecular weight excluding hydrogens is 361 g/mol. The van der Waals surface area contributed by atoms with Crippen LogP contribution in [0, 0.1) is 17.5 Å². The maximum atomic E-state index is 13.6. The van der Waals surface area contributed by atoms with E-state index in [0.29, 0.717) is 16.8 Å². The quantitative estimate of drug-likeness (QED) is 0.845. The number of halogens is 4. The van der Waals surface area contributed by atoms with Crippen LogP contribution in [-0.4, -0.2) is 25.0 Å². The van der Waals surface area contributed by atoms with E-state index in [2.05, 4.69) is 5.32 Å². The van der Waals surface area contributed by atoms with Gasteiger partial charge in [0.15, 0.2) is 24.1 Å². The van der Waals surface area contributed by atoms with Gasteiger partial charge in [0.2, 0.25) is 5.91 Å². The molecule has 0 saturated heterocycles. The number of nitrogens with one attached hydrogen (secondary N) is 1. The van der Waals surface area contributed by atoms with E-state index in [1.165, 1.54) is 6.07 Å². The number of anilines is 2. The van der Waals surface area contributed by atoms with E-state index in [4.69, 9.17) is 16.3 Å². The van der Waals surface area contributed by atoms with Crippen molar-refractivity contribution in [3.8, 4) is 5.75 Å². The van der Waals surface area contributed by atoms with Crippen LogP contribution in [0.5, 0.6) is 5.75 Å². The van der Waals surface area contributed by atoms with Crippen LogP contribution in [0.2, 0.25) is 5.02 Å². The Bertz CT molecular complexity index is 876. The molecule has 2 aromatic carbocycles. The topological polar surface area (TPSA) is 58.6 Å². The van der Waals surface area contributed by atoms with E-state index >= 15 is 0 Å². The zero-order valence-electron chi connectivity index (χ0n) is 12.5. The molecule has 1 heterocycles. The lowest BCUT2D eigenvalue weighted by Gasteiger charge is -2.29. The molecular formula is C16H10ClF3N2O3. The van der Waals surface area contributed by atoms with Gasteiger partial charge in [-0.3, -0.25) is 14.5 Å². The molecule has 0 saturated carbocycles. The van der Waals surface area contributed by atoms with Crippen molar-refractivity contribution in [2.75, 3.05) is 23.4 Å². The monoisotopic (exact) mass is 370 g/mol. The van der Waals surface area contributed by atoms with Gasteiger partial charge in [0.1, 0.15) is 12.3 Å². The summed E-state index contributed by atoms with van der Waals surface area (Å²) in [6, 6.07) is 6.12. The van der Waals surface area contributed by atoms with E-state index < -0.39 is 41.5 Å². The second-order valence-electron chi connectivity index (χ2n) is 5.15. The van der Waals surface area contributed by atoms with Gasteiger partial charge in [0, 0.05) is 5.02 Å². The van der Waals surface area contributed by atoms with Crippen LogP contribution < -0.4 is 15.0 Å². The van der Waals surface area contributed by atoms with Gasteiger partial charge in [-0.1, -0.05) is 11.6 Å². The van der Waals surface area contributed by atoms with Crippen molar-refractivity contribution in [3.05, 3.63) is 52.8 Å². The number of amides is 2. The summed E-state index contributed by atoms with van der Waals surface area (Å²) in [6.07, 6.45) is 0. The minimum Gasteiger partial charge on any atom is -0.482 e. The van der Waals surface area contributed by atoms with Crippen LogP contribution >= 0.6 is 11.6 Å². The summed E-state index contributed by atoms with van der Waals surface area (Å²) in [6.45, 7) is -0.755. The van der Waals surface area contributed by atoms with Gasteiger partial charge in [-0.05, 0) is 30.3 Å². The zero-order chi connectivity index (χ0) is 18.1. The molecule has 9 heteroatoms. The Morgan fingerprint density at radius 1 is 1.20 bits per heavy atom. The van der Waals surface area contributed by atoms with Crippen molar-refractivity contribution in [2.24, 2.45) is 0 Å². The molecule has 0 bridgehead atoms. The number of ether oxygens (including phenoxy) is 1. The fourth-order valence-electron chi connectivity index (χ4n) is 2.30. The summed E-state index contributed by atoms with van der Waals surface area (Å²) in [5.74, 6) is -5.54. The minimum absolute atomic E-state index is 0.276. The zero-order valence-corrected chi connectivity index (χ0v) is 13.2. The van der Waals surface area contributed by atoms with E-state index in [1.807, 2.05) is 0 Å². The number of benzene rings is 2. The number of carbonyl (C=O) groups excluding carboxylic acids is 2. The Morgan fingerprint density at radius 3 is 2.72 bits per heavy atom. The molecule has 0 fully saturated rings. The average molecular weight is 371 g/mol. The van der Waals surface area contributed by atoms with Gasteiger partial charge in [0.25, 0.3) is 5.91 Å². The molecule has 0 aliphatic carbocycles. The fraction of sp³-hybridized carbons (Fsp3) is 0.125. The minimum atomic E-state index is -1.70. The van der Waals surface area contributed by atoms with Gasteiger partial charge in [-0.2, -0.15) is 0 Å². The molecule has 2 aromatic rings. The summed E-state index contributed by atoms with van der Waals surface area (Å²) in [7, 11) is 0. The summed E-state index contributed by atoms with van der Waals surface area (Å²) in [4.78, 5) is 25.2. The summed E-state index contributed by atoms with van der Waals surface area (Å²) < 4.78 is 45.0. The number of fused-ring (bicyclic) bond motifs is 1. The fourth-order valence-corrected chi connectivity index (χ4v) is 2.47. The molecule has 3 rings (SSSR count). The van der Waals surface area contributed by atoms with Crippen LogP contribution in [0.4, 0.5) is 24.5 Å². The van der Waals surface area contributed by atoms with E-state index in [0.717, 1.165) is 11.0 Å². The highest BCUT2D eigenvalue weighted by atomic mass is 35.5. The molecule has 2 amide bonds. The van der Waals surface area contributed by atoms with Crippen LogP contribution in [-0.2, 0) is 9.59 Å². The first-order chi connectivity index (χ1) is 11.9. The van der Waals surface area contributed by atoms with Crippen molar-refractivity contribution < 1.29 is 27.5 Å². The predicted octanol–water partition coefficient (Wildman–Crippen LogP) is 3.12. The molecule has 0 unspecified atom stereocenters. The number of nitrogens with zero attached hydrogens (tertiary/aromatic N) is 1. The van der Waals surface area contributed by atoms with Crippen molar-refractivity contribution in [3.63, 3.8) is 0 Å². The van der Waals surface area contributed by atoms with E-state index in [-0.39, 0.29) is 12.3 Å². The first-order valence-corrected chi connectivity index (χ1v) is 7.40. The van der Waals surface area contributed by atoms with Crippen LogP contribution in [0.15, 0.2) is 30.3 Å². The van der Waals surface area contributed by atoms with Gasteiger partial charge in [0.05, 0.1) is 11.4 Å². The third-order valence-corrected chi connectivity index (χ3v) is 3.71. The molecule has 0 radical (unpaired) electrons. The number of hydrogen-bond donors (Lipinski definition) is 1. The second kappa shape index (κ2) is 6.64. The molecule has 1 aliphatic heterocycles. The predicted molar refractivity (Wildman–Crippen MR) is 84.2 cm³/mol. The molecule has 0 atom stereocenters. The van der Waals surface area contributed by atoms with Crippen molar-refractivity contribution >= 4 is 34.8 Å². The van der Waals surface area contributed by atoms with Crippen molar-refractivity contribution in [1.29, 1.82) is 0 Å².